The van der Waals surface area contributed by atoms with Crippen LogP contribution in [0.4, 0.5) is 5.69 Å². The quantitative estimate of drug-likeness (QED) is 0.400. The lowest BCUT2D eigenvalue weighted by molar-refractivity contribution is -0.144. The number of hydrogen-bond donors (Lipinski definition) is 2. The Balaban J connectivity index is 1.21. The van der Waals surface area contributed by atoms with Crippen molar-refractivity contribution in [1.82, 2.24) is 15.2 Å². The number of H-pyrrole nitrogens is 1. The van der Waals surface area contributed by atoms with Gasteiger partial charge < -0.3 is 15.2 Å². The second-order valence-corrected chi connectivity index (χ2v) is 10.4. The Bertz CT molecular complexity index is 1340. The van der Waals surface area contributed by atoms with E-state index in [9.17, 15) is 14.4 Å². The lowest BCUT2D eigenvalue weighted by Crippen LogP contribution is -2.42. The number of para-hydroxylation sites is 1. The molecule has 3 aromatic rings. The number of likely N-dealkylation sites (tertiary alicyclic amines) is 1. The SMILES string of the molecule is CN(C)c1ccc([C@H](CNC(=O)CN2C(=O)[C@@H]3[C@H](C2=O)[C@H]2C=C[C@H]3C2)c2c[nH]c3ccccc23)cc1. The fourth-order valence-electron chi connectivity index (χ4n) is 6.33. The van der Waals surface area contributed by atoms with E-state index in [0.29, 0.717) is 6.54 Å². The van der Waals surface area contributed by atoms with E-state index in [1.165, 1.54) is 4.90 Å². The highest BCUT2D eigenvalue weighted by atomic mass is 16.2. The number of nitrogens with one attached hydrogen (secondary N) is 2. The highest BCUT2D eigenvalue weighted by Crippen LogP contribution is 2.52. The number of amides is 3. The van der Waals surface area contributed by atoms with Gasteiger partial charge in [0.1, 0.15) is 6.54 Å². The van der Waals surface area contributed by atoms with Gasteiger partial charge in [0.25, 0.3) is 0 Å². The molecule has 7 nitrogen and oxygen atoms in total. The van der Waals surface area contributed by atoms with E-state index in [2.05, 4.69) is 52.8 Å². The predicted octanol–water partition coefficient (Wildman–Crippen LogP) is 3.29. The number of carbonyl (C=O) groups excluding carboxylic acids is 3. The van der Waals surface area contributed by atoms with Gasteiger partial charge in [-0.2, -0.15) is 0 Å². The van der Waals surface area contributed by atoms with Crippen molar-refractivity contribution in [3.63, 3.8) is 0 Å². The van der Waals surface area contributed by atoms with Crippen molar-refractivity contribution < 1.29 is 14.4 Å². The maximum atomic E-state index is 13.0. The van der Waals surface area contributed by atoms with Crippen LogP contribution >= 0.6 is 0 Å². The largest absolute Gasteiger partial charge is 0.378 e. The molecule has 2 fully saturated rings. The molecule has 3 amide bonds. The van der Waals surface area contributed by atoms with Crippen LogP contribution in [0.1, 0.15) is 23.5 Å². The van der Waals surface area contributed by atoms with Crippen LogP contribution in [-0.2, 0) is 14.4 Å². The number of anilines is 1. The van der Waals surface area contributed by atoms with Crippen molar-refractivity contribution in [3.8, 4) is 0 Å². The average molecular weight is 483 g/mol. The lowest BCUT2D eigenvalue weighted by atomic mass is 9.85. The number of nitrogens with zero attached hydrogens (tertiary/aromatic N) is 2. The van der Waals surface area contributed by atoms with Crippen LogP contribution < -0.4 is 10.2 Å². The predicted molar refractivity (Wildman–Crippen MR) is 138 cm³/mol. The molecular formula is C29H30N4O3. The molecule has 2 heterocycles. The van der Waals surface area contributed by atoms with Gasteiger partial charge in [-0.1, -0.05) is 42.5 Å². The van der Waals surface area contributed by atoms with Crippen molar-refractivity contribution >= 4 is 34.3 Å². The van der Waals surface area contributed by atoms with Gasteiger partial charge in [-0.25, -0.2) is 0 Å². The van der Waals surface area contributed by atoms with Crippen LogP contribution in [0.15, 0.2) is 66.9 Å². The molecular weight excluding hydrogens is 452 g/mol. The fraction of sp³-hybridized carbons (Fsp3) is 0.345. The van der Waals surface area contributed by atoms with Gasteiger partial charge in [0.15, 0.2) is 0 Å². The number of allylic oxidation sites excluding steroid dienone is 2. The first-order chi connectivity index (χ1) is 17.4. The first-order valence-corrected chi connectivity index (χ1v) is 12.6. The van der Waals surface area contributed by atoms with Crippen molar-refractivity contribution in [3.05, 3.63) is 78.0 Å². The smallest absolute Gasteiger partial charge is 0.240 e. The van der Waals surface area contributed by atoms with Crippen LogP contribution in [-0.4, -0.2) is 54.8 Å². The summed E-state index contributed by atoms with van der Waals surface area (Å²) in [5.74, 6) is -1.07. The minimum Gasteiger partial charge on any atom is -0.378 e. The molecule has 6 rings (SSSR count). The molecule has 2 bridgehead atoms. The lowest BCUT2D eigenvalue weighted by Gasteiger charge is -2.21. The summed E-state index contributed by atoms with van der Waals surface area (Å²) < 4.78 is 0. The Hall–Kier alpha value is -3.87. The first kappa shape index (κ1) is 22.6. The normalized spacial score (nSPS) is 25.0. The number of hydrogen-bond acceptors (Lipinski definition) is 4. The molecule has 0 spiro atoms. The molecule has 7 heteroatoms. The van der Waals surface area contributed by atoms with E-state index in [0.717, 1.165) is 34.1 Å². The molecule has 0 unspecified atom stereocenters. The van der Waals surface area contributed by atoms with Gasteiger partial charge in [-0.15, -0.1) is 0 Å². The highest BCUT2D eigenvalue weighted by molar-refractivity contribution is 6.08. The van der Waals surface area contributed by atoms with Gasteiger partial charge in [0.05, 0.1) is 11.8 Å². The molecule has 2 N–H and O–H groups in total. The highest BCUT2D eigenvalue weighted by Gasteiger charge is 2.59. The van der Waals surface area contributed by atoms with E-state index < -0.39 is 0 Å². The number of benzene rings is 2. The van der Waals surface area contributed by atoms with E-state index in [-0.39, 0.29) is 53.9 Å². The Morgan fingerprint density at radius 3 is 2.36 bits per heavy atom. The summed E-state index contributed by atoms with van der Waals surface area (Å²) in [5.41, 5.74) is 4.31. The van der Waals surface area contributed by atoms with Crippen LogP contribution in [0.25, 0.3) is 10.9 Å². The Morgan fingerprint density at radius 1 is 1.03 bits per heavy atom. The number of rotatable bonds is 7. The molecule has 2 aromatic carbocycles. The maximum Gasteiger partial charge on any atom is 0.240 e. The van der Waals surface area contributed by atoms with Crippen molar-refractivity contribution in [2.75, 3.05) is 32.1 Å². The van der Waals surface area contributed by atoms with Crippen molar-refractivity contribution in [2.24, 2.45) is 23.7 Å². The van der Waals surface area contributed by atoms with Gasteiger partial charge in [-0.3, -0.25) is 19.3 Å². The summed E-state index contributed by atoms with van der Waals surface area (Å²) in [6.45, 7) is 0.141. The molecule has 1 saturated carbocycles. The molecule has 1 aliphatic heterocycles. The maximum absolute atomic E-state index is 13.0. The number of aromatic nitrogens is 1. The zero-order valence-electron chi connectivity index (χ0n) is 20.5. The second kappa shape index (κ2) is 8.66. The summed E-state index contributed by atoms with van der Waals surface area (Å²) in [5, 5.41) is 4.12. The second-order valence-electron chi connectivity index (χ2n) is 10.4. The summed E-state index contributed by atoms with van der Waals surface area (Å²) in [6, 6.07) is 16.4. The summed E-state index contributed by atoms with van der Waals surface area (Å²) in [6.07, 6.45) is 7.01. The summed E-state index contributed by atoms with van der Waals surface area (Å²) in [7, 11) is 4.01. The average Bonchev–Trinajstić information content (AvgIpc) is 3.65. The molecule has 1 aromatic heterocycles. The molecule has 184 valence electrons. The zero-order chi connectivity index (χ0) is 25.0. The topological polar surface area (TPSA) is 85.5 Å². The number of fused-ring (bicyclic) bond motifs is 6. The molecule has 5 atom stereocenters. The van der Waals surface area contributed by atoms with E-state index >= 15 is 0 Å². The minimum atomic E-state index is -0.313. The Kier molecular flexibility index (Phi) is 5.43. The van der Waals surface area contributed by atoms with Gasteiger partial charge >= 0.3 is 0 Å². The fourth-order valence-corrected chi connectivity index (χ4v) is 6.33. The molecule has 0 radical (unpaired) electrons. The Morgan fingerprint density at radius 2 is 1.69 bits per heavy atom. The third kappa shape index (κ3) is 3.61. The van der Waals surface area contributed by atoms with E-state index in [4.69, 9.17) is 0 Å². The van der Waals surface area contributed by atoms with E-state index in [1.54, 1.807) is 0 Å². The van der Waals surface area contributed by atoms with Crippen molar-refractivity contribution in [2.45, 2.75) is 12.3 Å². The van der Waals surface area contributed by atoms with Gasteiger partial charge in [0.2, 0.25) is 17.7 Å². The molecule has 2 aliphatic carbocycles. The van der Waals surface area contributed by atoms with Gasteiger partial charge in [0, 0.05) is 49.3 Å². The molecule has 1 saturated heterocycles. The summed E-state index contributed by atoms with van der Waals surface area (Å²) in [4.78, 5) is 45.6. The Labute approximate surface area is 210 Å². The van der Waals surface area contributed by atoms with Crippen molar-refractivity contribution in [1.29, 1.82) is 0 Å². The zero-order valence-corrected chi connectivity index (χ0v) is 20.5. The standard InChI is InChI=1S/C29H30N4O3/c1-32(2)20-11-9-17(10-12-20)22(23-15-30-24-6-4-3-5-21(23)24)14-31-25(34)16-33-28(35)26-18-7-8-19(13-18)27(26)29(33)36/h3-12,15,18-19,22,26-27,30H,13-14,16H2,1-2H3,(H,31,34)/t18-,19-,22-,26-,27+/m0/s1. The monoisotopic (exact) mass is 482 g/mol. The third-order valence-electron chi connectivity index (χ3n) is 8.18. The summed E-state index contributed by atoms with van der Waals surface area (Å²) >= 11 is 0. The number of carbonyl (C=O) groups is 3. The van der Waals surface area contributed by atoms with Crippen LogP contribution in [0.2, 0.25) is 0 Å². The minimum absolute atomic E-state index is 0.0919. The van der Waals surface area contributed by atoms with Crippen LogP contribution in [0.3, 0.4) is 0 Å². The molecule has 36 heavy (non-hydrogen) atoms. The first-order valence-electron chi connectivity index (χ1n) is 12.6. The van der Waals surface area contributed by atoms with E-state index in [1.807, 2.05) is 43.4 Å². The van der Waals surface area contributed by atoms with Gasteiger partial charge in [-0.05, 0) is 47.6 Å². The van der Waals surface area contributed by atoms with Crippen LogP contribution in [0, 0.1) is 23.7 Å². The molecule has 3 aliphatic rings. The third-order valence-corrected chi connectivity index (χ3v) is 8.18. The van der Waals surface area contributed by atoms with Crippen LogP contribution in [0.5, 0.6) is 0 Å². The number of aromatic amines is 1. The number of imide groups is 1.